The van der Waals surface area contributed by atoms with Gasteiger partial charge < -0.3 is 5.02 Å². The van der Waals surface area contributed by atoms with Gasteiger partial charge in [0.2, 0.25) is 0 Å². The van der Waals surface area contributed by atoms with Gasteiger partial charge >= 0.3 is 6.19 Å². The van der Waals surface area contributed by atoms with Crippen LogP contribution in [0.5, 0.6) is 0 Å². The number of hydrogen-bond donors (Lipinski definition) is 1. The molecule has 0 unspecified atom stereocenters. The van der Waals surface area contributed by atoms with Crippen LogP contribution < -0.4 is 0 Å². The smallest absolute Gasteiger partial charge is 0.358 e. The maximum atomic E-state index is 9.14. The van der Waals surface area contributed by atoms with E-state index in [0.717, 1.165) is 24.9 Å². The van der Waals surface area contributed by atoms with Gasteiger partial charge in [-0.1, -0.05) is 20.3 Å². The van der Waals surface area contributed by atoms with Gasteiger partial charge in [-0.05, 0) is 18.5 Å². The van der Waals surface area contributed by atoms with Gasteiger partial charge in [-0.15, -0.1) is 0 Å². The topological polar surface area (TPSA) is 20.2 Å². The summed E-state index contributed by atoms with van der Waals surface area (Å²) in [6.45, 7) is 4.22. The van der Waals surface area contributed by atoms with Crippen LogP contribution in [0.4, 0.5) is 0 Å². The third-order valence-corrected chi connectivity index (χ3v) is 2.31. The molecule has 1 nitrogen and oxygen atoms in total. The first-order chi connectivity index (χ1) is 4.31. The molecule has 3 heteroatoms. The molecule has 0 aliphatic carbocycles. The van der Waals surface area contributed by atoms with Crippen LogP contribution in [0.3, 0.4) is 0 Å². The summed E-state index contributed by atoms with van der Waals surface area (Å²) in [5.41, 5.74) is 0. The first-order valence-electron chi connectivity index (χ1n) is 3.61. The molecule has 0 aliphatic heterocycles. The molecule has 0 heterocycles. The number of hydrogen-bond acceptors (Lipinski definition) is 2. The molecule has 0 aromatic rings. The van der Waals surface area contributed by atoms with E-state index >= 15 is 0 Å². The maximum Gasteiger partial charge on any atom is 0.358 e. The van der Waals surface area contributed by atoms with Gasteiger partial charge in [0, 0.05) is 0 Å². The molecule has 1 N–H and O–H groups in total. The van der Waals surface area contributed by atoms with E-state index in [4.69, 9.17) is 5.02 Å². The van der Waals surface area contributed by atoms with Crippen LogP contribution in [0.2, 0.25) is 6.32 Å². The predicted molar refractivity (Wildman–Crippen MR) is 45.8 cm³/mol. The average molecular weight is 146 g/mol. The van der Waals surface area contributed by atoms with Crippen LogP contribution in [0.25, 0.3) is 0 Å². The summed E-state index contributed by atoms with van der Waals surface area (Å²) in [6.07, 6.45) is 3.06. The Morgan fingerprint density at radius 1 is 1.33 bits per heavy atom. The molecule has 0 aromatic carbocycles. The second-order valence-corrected chi connectivity index (χ2v) is 3.40. The van der Waals surface area contributed by atoms with Crippen molar-refractivity contribution in [1.29, 1.82) is 0 Å². The minimum atomic E-state index is -0.116. The Kier molecular flexibility index (Phi) is 6.76. The Hall–Kier alpha value is 0.375. The highest BCUT2D eigenvalue weighted by Gasteiger charge is 2.07. The van der Waals surface area contributed by atoms with E-state index in [1.165, 1.54) is 0 Å². The minimum absolute atomic E-state index is 0.116. The molecular weight excluding hydrogens is 131 g/mol. The van der Waals surface area contributed by atoms with Gasteiger partial charge in [0.1, 0.15) is 0 Å². The summed E-state index contributed by atoms with van der Waals surface area (Å²) >= 11 is 1.66. The highest BCUT2D eigenvalue weighted by atomic mass is 32.2. The molecule has 54 valence electrons. The second kappa shape index (κ2) is 6.49. The lowest BCUT2D eigenvalue weighted by atomic mass is 9.92. The normalized spacial score (nSPS) is 9.67. The van der Waals surface area contributed by atoms with E-state index in [1.54, 1.807) is 11.6 Å². The SMILES string of the molecule is CCCSB(O)CCC. The molecule has 9 heavy (non-hydrogen) atoms. The van der Waals surface area contributed by atoms with Crippen molar-refractivity contribution in [3.05, 3.63) is 0 Å². The van der Waals surface area contributed by atoms with Gasteiger partial charge in [0.25, 0.3) is 0 Å². The fourth-order valence-electron chi connectivity index (χ4n) is 0.584. The van der Waals surface area contributed by atoms with Crippen molar-refractivity contribution < 1.29 is 5.02 Å². The zero-order valence-corrected chi connectivity index (χ0v) is 7.08. The van der Waals surface area contributed by atoms with Gasteiger partial charge in [-0.25, -0.2) is 0 Å². The zero-order chi connectivity index (χ0) is 7.11. The fourth-order valence-corrected chi connectivity index (χ4v) is 1.49. The first kappa shape index (κ1) is 9.37. The van der Waals surface area contributed by atoms with Crippen LogP contribution in [0.1, 0.15) is 26.7 Å². The molecule has 0 rings (SSSR count). The molecule has 0 saturated heterocycles. The van der Waals surface area contributed by atoms with Crippen molar-refractivity contribution in [2.75, 3.05) is 5.75 Å². The van der Waals surface area contributed by atoms with Crippen LogP contribution in [0, 0.1) is 0 Å². The van der Waals surface area contributed by atoms with Crippen LogP contribution in [-0.2, 0) is 0 Å². The standard InChI is InChI=1S/C6H15BOS/c1-3-5-7(8)9-6-4-2/h8H,3-6H2,1-2H3. The summed E-state index contributed by atoms with van der Waals surface area (Å²) in [7, 11) is 0. The summed E-state index contributed by atoms with van der Waals surface area (Å²) in [5.74, 6) is 1.08. The van der Waals surface area contributed by atoms with Crippen molar-refractivity contribution in [1.82, 2.24) is 0 Å². The third kappa shape index (κ3) is 6.26. The largest absolute Gasteiger partial charge is 0.441 e. The van der Waals surface area contributed by atoms with Crippen LogP contribution in [0.15, 0.2) is 0 Å². The van der Waals surface area contributed by atoms with E-state index in [9.17, 15) is 0 Å². The summed E-state index contributed by atoms with van der Waals surface area (Å²) in [4.78, 5) is 0. The fraction of sp³-hybridized carbons (Fsp3) is 1.00. The van der Waals surface area contributed by atoms with E-state index in [-0.39, 0.29) is 6.19 Å². The maximum absolute atomic E-state index is 9.14. The van der Waals surface area contributed by atoms with Crippen molar-refractivity contribution in [2.45, 2.75) is 33.0 Å². The zero-order valence-electron chi connectivity index (χ0n) is 6.26. The van der Waals surface area contributed by atoms with E-state index in [2.05, 4.69) is 13.8 Å². The first-order valence-corrected chi connectivity index (χ1v) is 4.65. The quantitative estimate of drug-likeness (QED) is 0.598. The molecule has 0 fully saturated rings. The molecule has 0 aliphatic rings. The van der Waals surface area contributed by atoms with Gasteiger partial charge in [0.15, 0.2) is 0 Å². The molecule has 0 aromatic heterocycles. The third-order valence-electron chi connectivity index (χ3n) is 1.05. The van der Waals surface area contributed by atoms with Gasteiger partial charge in [-0.3, -0.25) is 0 Å². The van der Waals surface area contributed by atoms with Crippen LogP contribution >= 0.6 is 11.6 Å². The Balaban J connectivity index is 2.95. The lowest BCUT2D eigenvalue weighted by molar-refractivity contribution is 0.591. The summed E-state index contributed by atoms with van der Waals surface area (Å²) in [6, 6.07) is 0. The van der Waals surface area contributed by atoms with Crippen molar-refractivity contribution in [3.63, 3.8) is 0 Å². The van der Waals surface area contributed by atoms with E-state index in [1.807, 2.05) is 0 Å². The van der Waals surface area contributed by atoms with Gasteiger partial charge in [-0.2, -0.15) is 11.6 Å². The average Bonchev–Trinajstić information content (AvgIpc) is 1.85. The highest BCUT2D eigenvalue weighted by molar-refractivity contribution is 8.24. The molecule has 0 radical (unpaired) electrons. The van der Waals surface area contributed by atoms with Crippen molar-refractivity contribution in [3.8, 4) is 0 Å². The summed E-state index contributed by atoms with van der Waals surface area (Å²) < 4.78 is 0. The molecule has 0 atom stereocenters. The van der Waals surface area contributed by atoms with Gasteiger partial charge in [0.05, 0.1) is 0 Å². The summed E-state index contributed by atoms with van der Waals surface area (Å²) in [5, 5.41) is 9.14. The van der Waals surface area contributed by atoms with Crippen molar-refractivity contribution in [2.24, 2.45) is 0 Å². The Morgan fingerprint density at radius 3 is 2.44 bits per heavy atom. The Morgan fingerprint density at radius 2 is 2.00 bits per heavy atom. The number of rotatable bonds is 5. The monoisotopic (exact) mass is 146 g/mol. The lowest BCUT2D eigenvalue weighted by Gasteiger charge is -2.01. The molecule has 0 saturated carbocycles. The molecule has 0 bridgehead atoms. The Bertz CT molecular complexity index is 61.0. The molecule has 0 amide bonds. The van der Waals surface area contributed by atoms with E-state index in [0.29, 0.717) is 0 Å². The molecule has 0 spiro atoms. The Labute approximate surface area is 62.2 Å². The van der Waals surface area contributed by atoms with Crippen LogP contribution in [-0.4, -0.2) is 17.0 Å². The van der Waals surface area contributed by atoms with E-state index < -0.39 is 0 Å². The minimum Gasteiger partial charge on any atom is -0.441 e. The predicted octanol–water partition coefficient (Wildman–Crippen LogP) is 2.02. The highest BCUT2D eigenvalue weighted by Crippen LogP contribution is 2.10. The second-order valence-electron chi connectivity index (χ2n) is 2.11. The lowest BCUT2D eigenvalue weighted by Crippen LogP contribution is -2.05. The molecular formula is C6H15BOS. The van der Waals surface area contributed by atoms with Crippen molar-refractivity contribution >= 4 is 17.8 Å².